The predicted molar refractivity (Wildman–Crippen MR) is 104 cm³/mol. The maximum absolute atomic E-state index is 5.79. The van der Waals surface area contributed by atoms with Gasteiger partial charge in [0.2, 0.25) is 5.95 Å². The lowest BCUT2D eigenvalue weighted by Gasteiger charge is -2.34. The maximum atomic E-state index is 5.79. The molecule has 0 aromatic carbocycles. The first-order valence-corrected chi connectivity index (χ1v) is 9.79. The van der Waals surface area contributed by atoms with Gasteiger partial charge in [0.25, 0.3) is 0 Å². The molecule has 27 heavy (non-hydrogen) atoms. The highest BCUT2D eigenvalue weighted by Gasteiger charge is 2.30. The maximum Gasteiger partial charge on any atom is 0.225 e. The molecule has 0 amide bonds. The van der Waals surface area contributed by atoms with Crippen molar-refractivity contribution in [3.8, 4) is 0 Å². The molecule has 0 bridgehead atoms. The Labute approximate surface area is 160 Å². The van der Waals surface area contributed by atoms with Crippen LogP contribution in [-0.4, -0.2) is 67.2 Å². The summed E-state index contributed by atoms with van der Waals surface area (Å²) >= 11 is 0. The molecular formula is C19H29N7O. The lowest BCUT2D eigenvalue weighted by atomic mass is 10.00. The van der Waals surface area contributed by atoms with Gasteiger partial charge < -0.3 is 14.6 Å². The number of anilines is 1. The Bertz CT molecular complexity index is 699. The van der Waals surface area contributed by atoms with Crippen LogP contribution in [0.3, 0.4) is 0 Å². The zero-order valence-electron chi connectivity index (χ0n) is 15.9. The number of nitrogens with one attached hydrogen (secondary N) is 3. The van der Waals surface area contributed by atoms with Gasteiger partial charge in [-0.3, -0.25) is 10.3 Å². The van der Waals surface area contributed by atoms with Gasteiger partial charge in [0.1, 0.15) is 11.5 Å². The van der Waals surface area contributed by atoms with Crippen LogP contribution in [0.4, 0.5) is 5.95 Å². The van der Waals surface area contributed by atoms with E-state index in [-0.39, 0.29) is 6.04 Å². The molecule has 4 heterocycles. The molecule has 2 aliphatic heterocycles. The SMILES string of the molecule is Cc1ccc(C2NNCC2CNCCN2CCN(c3ncccn3)CC2)o1. The minimum atomic E-state index is 0.237. The number of piperazine rings is 1. The number of hydrogen-bond acceptors (Lipinski definition) is 8. The molecule has 0 saturated carbocycles. The molecule has 2 fully saturated rings. The van der Waals surface area contributed by atoms with E-state index in [0.29, 0.717) is 5.92 Å². The Morgan fingerprint density at radius 2 is 2.00 bits per heavy atom. The fourth-order valence-corrected chi connectivity index (χ4v) is 3.80. The second-order valence-electron chi connectivity index (χ2n) is 7.29. The van der Waals surface area contributed by atoms with Crippen molar-refractivity contribution in [1.82, 2.24) is 31.0 Å². The third-order valence-corrected chi connectivity index (χ3v) is 5.38. The van der Waals surface area contributed by atoms with Gasteiger partial charge in [-0.25, -0.2) is 15.4 Å². The fraction of sp³-hybridized carbons (Fsp3) is 0.579. The van der Waals surface area contributed by atoms with Crippen molar-refractivity contribution in [2.24, 2.45) is 5.92 Å². The molecule has 146 valence electrons. The summed E-state index contributed by atoms with van der Waals surface area (Å²) in [5, 5.41) is 3.62. The molecule has 2 atom stereocenters. The number of aromatic nitrogens is 2. The van der Waals surface area contributed by atoms with Crippen molar-refractivity contribution < 1.29 is 4.42 Å². The van der Waals surface area contributed by atoms with Crippen LogP contribution in [0.5, 0.6) is 0 Å². The molecule has 0 radical (unpaired) electrons. The van der Waals surface area contributed by atoms with Gasteiger partial charge in [0, 0.05) is 70.7 Å². The Morgan fingerprint density at radius 3 is 2.74 bits per heavy atom. The normalized spacial score (nSPS) is 23.8. The molecule has 0 spiro atoms. The van der Waals surface area contributed by atoms with Crippen LogP contribution in [0.2, 0.25) is 0 Å². The molecular weight excluding hydrogens is 342 g/mol. The smallest absolute Gasteiger partial charge is 0.225 e. The summed E-state index contributed by atoms with van der Waals surface area (Å²) in [5.74, 6) is 3.31. The number of hydrazine groups is 1. The van der Waals surface area contributed by atoms with Crippen LogP contribution in [0.15, 0.2) is 35.0 Å². The number of aryl methyl sites for hydroxylation is 1. The van der Waals surface area contributed by atoms with Gasteiger partial charge in [-0.05, 0) is 25.1 Å². The Balaban J connectivity index is 1.16. The first kappa shape index (κ1) is 18.4. The van der Waals surface area contributed by atoms with Gasteiger partial charge in [0.15, 0.2) is 0 Å². The van der Waals surface area contributed by atoms with Gasteiger partial charge in [-0.2, -0.15) is 0 Å². The van der Waals surface area contributed by atoms with Crippen LogP contribution in [-0.2, 0) is 0 Å². The van der Waals surface area contributed by atoms with Crippen LogP contribution >= 0.6 is 0 Å². The van der Waals surface area contributed by atoms with E-state index in [1.54, 1.807) is 0 Å². The minimum Gasteiger partial charge on any atom is -0.465 e. The summed E-state index contributed by atoms with van der Waals surface area (Å²) in [6.45, 7) is 10.1. The minimum absolute atomic E-state index is 0.237. The highest BCUT2D eigenvalue weighted by atomic mass is 16.3. The van der Waals surface area contributed by atoms with E-state index in [9.17, 15) is 0 Å². The average molecular weight is 371 g/mol. The topological polar surface area (TPSA) is 81.5 Å². The Kier molecular flexibility index (Phi) is 5.98. The average Bonchev–Trinajstić information content (AvgIpc) is 3.35. The van der Waals surface area contributed by atoms with Crippen LogP contribution in [0.1, 0.15) is 17.6 Å². The summed E-state index contributed by atoms with van der Waals surface area (Å²) in [6, 6.07) is 6.20. The van der Waals surface area contributed by atoms with Crippen LogP contribution in [0, 0.1) is 12.8 Å². The molecule has 8 heteroatoms. The predicted octanol–water partition coefficient (Wildman–Crippen LogP) is 0.555. The van der Waals surface area contributed by atoms with E-state index in [2.05, 4.69) is 42.0 Å². The van der Waals surface area contributed by atoms with Crippen LogP contribution < -0.4 is 21.1 Å². The van der Waals surface area contributed by atoms with Crippen molar-refractivity contribution in [1.29, 1.82) is 0 Å². The molecule has 8 nitrogen and oxygen atoms in total. The molecule has 0 aliphatic carbocycles. The van der Waals surface area contributed by atoms with Gasteiger partial charge in [-0.15, -0.1) is 0 Å². The van der Waals surface area contributed by atoms with Crippen molar-refractivity contribution in [3.05, 3.63) is 42.1 Å². The highest BCUT2D eigenvalue weighted by Crippen LogP contribution is 2.25. The Morgan fingerprint density at radius 1 is 1.19 bits per heavy atom. The third-order valence-electron chi connectivity index (χ3n) is 5.38. The van der Waals surface area contributed by atoms with Gasteiger partial charge >= 0.3 is 0 Å². The first-order valence-electron chi connectivity index (χ1n) is 9.79. The summed E-state index contributed by atoms with van der Waals surface area (Å²) < 4.78 is 5.79. The van der Waals surface area contributed by atoms with E-state index in [4.69, 9.17) is 4.42 Å². The monoisotopic (exact) mass is 371 g/mol. The van der Waals surface area contributed by atoms with Gasteiger partial charge in [-0.1, -0.05) is 0 Å². The summed E-state index contributed by atoms with van der Waals surface area (Å²) in [6.07, 6.45) is 3.62. The van der Waals surface area contributed by atoms with Crippen molar-refractivity contribution in [3.63, 3.8) is 0 Å². The molecule has 3 N–H and O–H groups in total. The molecule has 2 unspecified atom stereocenters. The van der Waals surface area contributed by atoms with E-state index in [1.165, 1.54) is 0 Å². The van der Waals surface area contributed by atoms with E-state index in [0.717, 1.165) is 69.8 Å². The van der Waals surface area contributed by atoms with E-state index < -0.39 is 0 Å². The molecule has 2 aromatic rings. The lowest BCUT2D eigenvalue weighted by Crippen LogP contribution is -2.48. The highest BCUT2D eigenvalue weighted by molar-refractivity contribution is 5.29. The fourth-order valence-electron chi connectivity index (χ4n) is 3.80. The van der Waals surface area contributed by atoms with Crippen molar-refractivity contribution in [2.75, 3.05) is 57.3 Å². The van der Waals surface area contributed by atoms with Gasteiger partial charge in [0.05, 0.1) is 6.04 Å². The number of rotatable bonds is 7. The number of furan rings is 1. The summed E-state index contributed by atoms with van der Waals surface area (Å²) in [5.41, 5.74) is 6.60. The number of nitrogens with zero attached hydrogens (tertiary/aromatic N) is 4. The quantitative estimate of drug-likeness (QED) is 0.609. The molecule has 2 aliphatic rings. The molecule has 2 aromatic heterocycles. The lowest BCUT2D eigenvalue weighted by molar-refractivity contribution is 0.253. The third kappa shape index (κ3) is 4.65. The van der Waals surface area contributed by atoms with Crippen molar-refractivity contribution in [2.45, 2.75) is 13.0 Å². The zero-order chi connectivity index (χ0) is 18.5. The van der Waals surface area contributed by atoms with Crippen molar-refractivity contribution >= 4 is 5.95 Å². The standard InChI is InChI=1S/C19H29N7O/c1-15-3-4-17(27-15)18-16(14-23-24-18)13-20-7-8-25-9-11-26(12-10-25)19-21-5-2-6-22-19/h2-6,16,18,20,23-24H,7-14H2,1H3. The summed E-state index contributed by atoms with van der Waals surface area (Å²) in [4.78, 5) is 13.5. The Hall–Kier alpha value is -2.00. The number of hydrogen-bond donors (Lipinski definition) is 3. The van der Waals surface area contributed by atoms with E-state index >= 15 is 0 Å². The second kappa shape index (κ2) is 8.79. The van der Waals surface area contributed by atoms with Crippen LogP contribution in [0.25, 0.3) is 0 Å². The largest absolute Gasteiger partial charge is 0.465 e. The second-order valence-corrected chi connectivity index (χ2v) is 7.29. The molecule has 4 rings (SSSR count). The summed E-state index contributed by atoms with van der Waals surface area (Å²) in [7, 11) is 0. The zero-order valence-corrected chi connectivity index (χ0v) is 15.9. The van der Waals surface area contributed by atoms with E-state index in [1.807, 2.05) is 31.5 Å². The first-order chi connectivity index (χ1) is 13.3. The molecule has 2 saturated heterocycles.